The Bertz CT molecular complexity index is 1170. The van der Waals surface area contributed by atoms with Crippen LogP contribution < -0.4 is 15.4 Å². The molecule has 4 rings (SSSR count). The summed E-state index contributed by atoms with van der Waals surface area (Å²) in [4.78, 5) is 28.4. The van der Waals surface area contributed by atoms with Gasteiger partial charge < -0.3 is 15.4 Å². The number of carbonyl (C=O) groups excluding carboxylic acids is 2. The maximum absolute atomic E-state index is 12.1. The van der Waals surface area contributed by atoms with Gasteiger partial charge in [0.15, 0.2) is 5.13 Å². The van der Waals surface area contributed by atoms with Crippen molar-refractivity contribution in [3.05, 3.63) is 89.4 Å². The second-order valence-corrected chi connectivity index (χ2v) is 7.40. The summed E-state index contributed by atoms with van der Waals surface area (Å²) < 4.78 is 5.82. The summed E-state index contributed by atoms with van der Waals surface area (Å²) in [6, 6.07) is 22.8. The van der Waals surface area contributed by atoms with E-state index in [2.05, 4.69) is 21.7 Å². The summed E-state index contributed by atoms with van der Waals surface area (Å²) in [6.45, 7) is 0.172. The number of thiazole rings is 1. The van der Waals surface area contributed by atoms with Crippen LogP contribution in [0.25, 0.3) is 10.8 Å². The summed E-state index contributed by atoms with van der Waals surface area (Å²) in [5.41, 5.74) is 1.23. The third-order valence-corrected chi connectivity index (χ3v) is 5.16. The van der Waals surface area contributed by atoms with Gasteiger partial charge in [0.25, 0.3) is 5.91 Å². The highest BCUT2D eigenvalue weighted by Gasteiger charge is 2.10. The van der Waals surface area contributed by atoms with E-state index in [1.807, 2.05) is 47.8 Å². The monoisotopic (exact) mass is 417 g/mol. The SMILES string of the molecule is O=C(CNC(=O)c1ccccc1)Nc1nc(COc2ccc3ccccc3c2)cs1. The van der Waals surface area contributed by atoms with Crippen LogP contribution in [-0.4, -0.2) is 23.3 Å². The van der Waals surface area contributed by atoms with Crippen molar-refractivity contribution in [3.8, 4) is 5.75 Å². The fourth-order valence-electron chi connectivity index (χ4n) is 2.86. The number of carbonyl (C=O) groups is 2. The molecule has 1 aromatic heterocycles. The molecular weight excluding hydrogens is 398 g/mol. The third-order valence-electron chi connectivity index (χ3n) is 4.35. The van der Waals surface area contributed by atoms with Crippen molar-refractivity contribution in [2.75, 3.05) is 11.9 Å². The molecule has 0 atom stereocenters. The van der Waals surface area contributed by atoms with Gasteiger partial charge in [-0.05, 0) is 35.0 Å². The molecule has 4 aromatic rings. The first-order chi connectivity index (χ1) is 14.7. The van der Waals surface area contributed by atoms with Gasteiger partial charge in [-0.2, -0.15) is 0 Å². The summed E-state index contributed by atoms with van der Waals surface area (Å²) in [5.74, 6) is 0.126. The van der Waals surface area contributed by atoms with Crippen molar-refractivity contribution in [1.82, 2.24) is 10.3 Å². The molecule has 0 fully saturated rings. The summed E-state index contributed by atoms with van der Waals surface area (Å²) in [6.07, 6.45) is 0. The molecule has 0 saturated heterocycles. The standard InChI is InChI=1S/C23H19N3O3S/c27-21(13-24-22(28)17-7-2-1-3-8-17)26-23-25-19(15-30-23)14-29-20-11-10-16-6-4-5-9-18(16)12-20/h1-12,15H,13-14H2,(H,24,28)(H,25,26,27). The molecule has 0 bridgehead atoms. The molecule has 150 valence electrons. The Balaban J connectivity index is 1.27. The van der Waals surface area contributed by atoms with E-state index in [-0.39, 0.29) is 18.4 Å². The third kappa shape index (κ3) is 5.01. The van der Waals surface area contributed by atoms with Crippen LogP contribution in [0.2, 0.25) is 0 Å². The van der Waals surface area contributed by atoms with Crippen LogP contribution in [0.5, 0.6) is 5.75 Å². The summed E-state index contributed by atoms with van der Waals surface area (Å²) >= 11 is 1.31. The van der Waals surface area contributed by atoms with Crippen molar-refractivity contribution < 1.29 is 14.3 Å². The fraction of sp³-hybridized carbons (Fsp3) is 0.0870. The van der Waals surface area contributed by atoms with Crippen molar-refractivity contribution in [3.63, 3.8) is 0 Å². The van der Waals surface area contributed by atoms with E-state index >= 15 is 0 Å². The van der Waals surface area contributed by atoms with Gasteiger partial charge in [0.05, 0.1) is 12.2 Å². The molecule has 0 radical (unpaired) electrons. The molecule has 3 aromatic carbocycles. The number of fused-ring (bicyclic) bond motifs is 1. The number of nitrogens with one attached hydrogen (secondary N) is 2. The van der Waals surface area contributed by atoms with Gasteiger partial charge >= 0.3 is 0 Å². The molecule has 7 heteroatoms. The zero-order valence-corrected chi connectivity index (χ0v) is 16.8. The Hall–Kier alpha value is -3.71. The molecule has 30 heavy (non-hydrogen) atoms. The van der Waals surface area contributed by atoms with E-state index in [0.29, 0.717) is 17.3 Å². The van der Waals surface area contributed by atoms with Crippen LogP contribution in [0.3, 0.4) is 0 Å². The highest BCUT2D eigenvalue weighted by molar-refractivity contribution is 7.13. The first-order valence-corrected chi connectivity index (χ1v) is 10.2. The smallest absolute Gasteiger partial charge is 0.251 e. The minimum atomic E-state index is -0.337. The lowest BCUT2D eigenvalue weighted by Crippen LogP contribution is -2.32. The van der Waals surface area contributed by atoms with Gasteiger partial charge in [0, 0.05) is 10.9 Å². The molecule has 0 aliphatic rings. The maximum Gasteiger partial charge on any atom is 0.251 e. The highest BCUT2D eigenvalue weighted by Crippen LogP contribution is 2.22. The quantitative estimate of drug-likeness (QED) is 0.471. The number of rotatable bonds is 7. The minimum absolute atomic E-state index is 0.129. The Morgan fingerprint density at radius 2 is 1.70 bits per heavy atom. The van der Waals surface area contributed by atoms with E-state index < -0.39 is 0 Å². The molecule has 0 unspecified atom stereocenters. The van der Waals surface area contributed by atoms with Crippen LogP contribution in [0.4, 0.5) is 5.13 Å². The second-order valence-electron chi connectivity index (χ2n) is 6.54. The molecule has 0 aliphatic heterocycles. The molecular formula is C23H19N3O3S. The predicted molar refractivity (Wildman–Crippen MR) is 118 cm³/mol. The number of anilines is 1. The van der Waals surface area contributed by atoms with Gasteiger partial charge in [0.1, 0.15) is 12.4 Å². The molecule has 0 aliphatic carbocycles. The number of hydrogen-bond acceptors (Lipinski definition) is 5. The number of hydrogen-bond donors (Lipinski definition) is 2. The lowest BCUT2D eigenvalue weighted by Gasteiger charge is -2.06. The van der Waals surface area contributed by atoms with Crippen molar-refractivity contribution >= 4 is 39.1 Å². The number of aromatic nitrogens is 1. The van der Waals surface area contributed by atoms with Gasteiger partial charge in [0.2, 0.25) is 5.91 Å². The van der Waals surface area contributed by atoms with E-state index in [4.69, 9.17) is 4.74 Å². The average Bonchev–Trinajstić information content (AvgIpc) is 3.23. The molecule has 1 heterocycles. The summed E-state index contributed by atoms with van der Waals surface area (Å²) in [5, 5.41) is 9.84. The predicted octanol–water partition coefficient (Wildman–Crippen LogP) is 4.24. The van der Waals surface area contributed by atoms with Crippen LogP contribution >= 0.6 is 11.3 Å². The van der Waals surface area contributed by atoms with Crippen molar-refractivity contribution in [1.29, 1.82) is 0 Å². The van der Waals surface area contributed by atoms with Gasteiger partial charge in [-0.25, -0.2) is 4.98 Å². The van der Waals surface area contributed by atoms with E-state index in [1.54, 1.807) is 24.3 Å². The van der Waals surface area contributed by atoms with Crippen LogP contribution in [0, 0.1) is 0 Å². The normalized spacial score (nSPS) is 10.5. The van der Waals surface area contributed by atoms with Crippen molar-refractivity contribution in [2.24, 2.45) is 0 Å². The lowest BCUT2D eigenvalue weighted by atomic mass is 10.1. The molecule has 2 N–H and O–H groups in total. The summed E-state index contributed by atoms with van der Waals surface area (Å²) in [7, 11) is 0. The number of nitrogens with zero attached hydrogens (tertiary/aromatic N) is 1. The molecule has 6 nitrogen and oxygen atoms in total. The zero-order chi connectivity index (χ0) is 20.8. The lowest BCUT2D eigenvalue weighted by molar-refractivity contribution is -0.115. The maximum atomic E-state index is 12.1. The van der Waals surface area contributed by atoms with E-state index in [1.165, 1.54) is 11.3 Å². The van der Waals surface area contributed by atoms with E-state index in [0.717, 1.165) is 22.2 Å². The van der Waals surface area contributed by atoms with Crippen LogP contribution in [0.1, 0.15) is 16.1 Å². The largest absolute Gasteiger partial charge is 0.487 e. The molecule has 0 saturated carbocycles. The van der Waals surface area contributed by atoms with Gasteiger partial charge in [-0.3, -0.25) is 9.59 Å². The number of ether oxygens (including phenoxy) is 1. The second kappa shape index (κ2) is 9.19. The van der Waals surface area contributed by atoms with Crippen molar-refractivity contribution in [2.45, 2.75) is 6.61 Å². The first kappa shape index (κ1) is 19.6. The highest BCUT2D eigenvalue weighted by atomic mass is 32.1. The Morgan fingerprint density at radius 3 is 2.53 bits per heavy atom. The van der Waals surface area contributed by atoms with Crippen LogP contribution in [-0.2, 0) is 11.4 Å². The Labute approximate surface area is 177 Å². The molecule has 2 amide bonds. The van der Waals surface area contributed by atoms with E-state index in [9.17, 15) is 9.59 Å². The minimum Gasteiger partial charge on any atom is -0.487 e. The van der Waals surface area contributed by atoms with Gasteiger partial charge in [-0.15, -0.1) is 11.3 Å². The van der Waals surface area contributed by atoms with Crippen LogP contribution in [0.15, 0.2) is 78.2 Å². The Morgan fingerprint density at radius 1 is 0.933 bits per heavy atom. The Kier molecular flexibility index (Phi) is 6.01. The number of amides is 2. The average molecular weight is 417 g/mol. The fourth-order valence-corrected chi connectivity index (χ4v) is 3.57. The molecule has 0 spiro atoms. The first-order valence-electron chi connectivity index (χ1n) is 9.36. The zero-order valence-electron chi connectivity index (χ0n) is 16.0. The topological polar surface area (TPSA) is 80.3 Å². The number of benzene rings is 3. The van der Waals surface area contributed by atoms with Gasteiger partial charge in [-0.1, -0.05) is 48.5 Å².